The first-order chi connectivity index (χ1) is 8.03. The molecule has 102 valence electrons. The van der Waals surface area contributed by atoms with Gasteiger partial charge in [0.1, 0.15) is 0 Å². The topological polar surface area (TPSA) is 46.2 Å². The van der Waals surface area contributed by atoms with Crippen LogP contribution in [0.1, 0.15) is 52.4 Å². The van der Waals surface area contributed by atoms with E-state index in [0.717, 1.165) is 12.3 Å². The molecule has 2 unspecified atom stereocenters. The van der Waals surface area contributed by atoms with Crippen molar-refractivity contribution in [2.24, 2.45) is 5.92 Å². The minimum Gasteiger partial charge on any atom is -0.313 e. The van der Waals surface area contributed by atoms with Gasteiger partial charge < -0.3 is 5.32 Å². The number of hydrogen-bond acceptors (Lipinski definition) is 3. The van der Waals surface area contributed by atoms with Crippen molar-refractivity contribution in [3.8, 4) is 0 Å². The average molecular weight is 261 g/mol. The van der Waals surface area contributed by atoms with Gasteiger partial charge in [-0.2, -0.15) is 0 Å². The maximum Gasteiger partial charge on any atom is 0.151 e. The minimum absolute atomic E-state index is 0.299. The van der Waals surface area contributed by atoms with Crippen molar-refractivity contribution in [2.75, 3.05) is 18.1 Å². The molecule has 2 atom stereocenters. The molecule has 0 saturated heterocycles. The summed E-state index contributed by atoms with van der Waals surface area (Å²) in [5.41, 5.74) is 0. The van der Waals surface area contributed by atoms with Crippen LogP contribution in [-0.4, -0.2) is 32.5 Å². The van der Waals surface area contributed by atoms with Crippen LogP contribution in [0, 0.1) is 5.92 Å². The van der Waals surface area contributed by atoms with Crippen LogP contribution >= 0.6 is 0 Å². The largest absolute Gasteiger partial charge is 0.313 e. The molecule has 1 N–H and O–H groups in total. The second kappa shape index (κ2) is 7.37. The summed E-state index contributed by atoms with van der Waals surface area (Å²) in [6.07, 6.45) is 7.02. The highest BCUT2D eigenvalue weighted by Crippen LogP contribution is 2.22. The molecule has 0 aromatic rings. The highest BCUT2D eigenvalue weighted by atomic mass is 32.2. The first-order valence-corrected chi connectivity index (χ1v) is 8.79. The van der Waals surface area contributed by atoms with E-state index in [-0.39, 0.29) is 0 Å². The third-order valence-corrected chi connectivity index (χ3v) is 5.48. The summed E-state index contributed by atoms with van der Waals surface area (Å²) >= 11 is 0. The maximum absolute atomic E-state index is 11.6. The van der Waals surface area contributed by atoms with Crippen molar-refractivity contribution in [1.29, 1.82) is 0 Å². The van der Waals surface area contributed by atoms with E-state index in [9.17, 15) is 8.42 Å². The Labute approximate surface area is 106 Å². The fourth-order valence-electron chi connectivity index (χ4n) is 2.52. The molecule has 0 heterocycles. The molecule has 1 aliphatic carbocycles. The summed E-state index contributed by atoms with van der Waals surface area (Å²) in [5, 5.41) is 3.42. The summed E-state index contributed by atoms with van der Waals surface area (Å²) in [6, 6.07) is 0.539. The Bertz CT molecular complexity index is 301. The minimum atomic E-state index is -2.81. The zero-order chi connectivity index (χ0) is 12.7. The first kappa shape index (κ1) is 15.0. The van der Waals surface area contributed by atoms with Crippen molar-refractivity contribution in [2.45, 2.75) is 58.4 Å². The van der Waals surface area contributed by atoms with Crippen molar-refractivity contribution < 1.29 is 8.42 Å². The average Bonchev–Trinajstić information content (AvgIpc) is 2.43. The lowest BCUT2D eigenvalue weighted by Crippen LogP contribution is -2.33. The molecule has 0 radical (unpaired) electrons. The van der Waals surface area contributed by atoms with Crippen LogP contribution in [0.15, 0.2) is 0 Å². The van der Waals surface area contributed by atoms with E-state index in [2.05, 4.69) is 12.2 Å². The van der Waals surface area contributed by atoms with Crippen molar-refractivity contribution >= 4 is 9.84 Å². The van der Waals surface area contributed by atoms with Crippen molar-refractivity contribution in [3.63, 3.8) is 0 Å². The van der Waals surface area contributed by atoms with E-state index >= 15 is 0 Å². The van der Waals surface area contributed by atoms with Gasteiger partial charge in [-0.3, -0.25) is 0 Å². The number of rotatable bonds is 6. The number of sulfone groups is 1. The standard InChI is InChI=1S/C13H27NO2S/c1-3-10-17(15,16)11-9-14-13-6-4-5-12(2)7-8-13/h12-14H,3-11H2,1-2H3. The molecule has 0 amide bonds. The van der Waals surface area contributed by atoms with Crippen molar-refractivity contribution in [3.05, 3.63) is 0 Å². The molecule has 1 saturated carbocycles. The third-order valence-electron chi connectivity index (χ3n) is 3.62. The van der Waals surface area contributed by atoms with Gasteiger partial charge in [0, 0.05) is 18.3 Å². The van der Waals surface area contributed by atoms with E-state index in [0.29, 0.717) is 24.1 Å². The summed E-state index contributed by atoms with van der Waals surface area (Å²) in [5.74, 6) is 1.47. The molecule has 17 heavy (non-hydrogen) atoms. The normalized spacial score (nSPS) is 26.7. The summed E-state index contributed by atoms with van der Waals surface area (Å²) in [7, 11) is -2.81. The van der Waals surface area contributed by atoms with Crippen LogP contribution in [0.4, 0.5) is 0 Å². The van der Waals surface area contributed by atoms with Crippen LogP contribution in [0.5, 0.6) is 0 Å². The molecule has 0 aromatic carbocycles. The van der Waals surface area contributed by atoms with E-state index in [4.69, 9.17) is 0 Å². The fourth-order valence-corrected chi connectivity index (χ4v) is 3.78. The quantitative estimate of drug-likeness (QED) is 0.747. The van der Waals surface area contributed by atoms with E-state index in [1.807, 2.05) is 6.92 Å². The van der Waals surface area contributed by atoms with Gasteiger partial charge in [0.2, 0.25) is 0 Å². The monoisotopic (exact) mass is 261 g/mol. The molecular formula is C13H27NO2S. The van der Waals surface area contributed by atoms with Gasteiger partial charge in [-0.1, -0.05) is 26.7 Å². The van der Waals surface area contributed by atoms with Gasteiger partial charge in [-0.15, -0.1) is 0 Å². The molecule has 1 fully saturated rings. The second-order valence-corrected chi connectivity index (χ2v) is 7.72. The zero-order valence-electron chi connectivity index (χ0n) is 11.2. The van der Waals surface area contributed by atoms with Crippen molar-refractivity contribution in [1.82, 2.24) is 5.32 Å². The Balaban J connectivity index is 2.22. The highest BCUT2D eigenvalue weighted by Gasteiger charge is 2.16. The molecule has 1 aliphatic rings. The van der Waals surface area contributed by atoms with Crippen LogP contribution in [0.3, 0.4) is 0 Å². The Morgan fingerprint density at radius 1 is 1.12 bits per heavy atom. The Hall–Kier alpha value is -0.0900. The molecule has 0 spiro atoms. The highest BCUT2D eigenvalue weighted by molar-refractivity contribution is 7.91. The van der Waals surface area contributed by atoms with Crippen LogP contribution in [0.25, 0.3) is 0 Å². The van der Waals surface area contributed by atoms with E-state index in [1.165, 1.54) is 32.1 Å². The van der Waals surface area contributed by atoms with Crippen LogP contribution in [-0.2, 0) is 9.84 Å². The molecule has 4 heteroatoms. The molecular weight excluding hydrogens is 234 g/mol. The van der Waals surface area contributed by atoms with Gasteiger partial charge in [0.05, 0.1) is 5.75 Å². The van der Waals surface area contributed by atoms with Gasteiger partial charge in [0.25, 0.3) is 0 Å². The maximum atomic E-state index is 11.6. The second-order valence-electron chi connectivity index (χ2n) is 5.42. The fraction of sp³-hybridized carbons (Fsp3) is 1.00. The lowest BCUT2D eigenvalue weighted by atomic mass is 10.0. The summed E-state index contributed by atoms with van der Waals surface area (Å²) in [4.78, 5) is 0. The SMILES string of the molecule is CCCS(=O)(=O)CCNC1CCCC(C)CC1. The smallest absolute Gasteiger partial charge is 0.151 e. The van der Waals surface area contributed by atoms with E-state index in [1.54, 1.807) is 0 Å². The lowest BCUT2D eigenvalue weighted by molar-refractivity contribution is 0.457. The Kier molecular flexibility index (Phi) is 6.49. The van der Waals surface area contributed by atoms with Gasteiger partial charge >= 0.3 is 0 Å². The number of hydrogen-bond donors (Lipinski definition) is 1. The molecule has 0 aromatic heterocycles. The Morgan fingerprint density at radius 3 is 2.59 bits per heavy atom. The van der Waals surface area contributed by atoms with E-state index < -0.39 is 9.84 Å². The van der Waals surface area contributed by atoms with Crippen LogP contribution < -0.4 is 5.32 Å². The predicted octanol–water partition coefficient (Wildman–Crippen LogP) is 2.37. The summed E-state index contributed by atoms with van der Waals surface area (Å²) < 4.78 is 23.1. The zero-order valence-corrected chi connectivity index (χ0v) is 12.1. The molecule has 1 rings (SSSR count). The lowest BCUT2D eigenvalue weighted by Gasteiger charge is -2.16. The summed E-state index contributed by atoms with van der Waals surface area (Å²) in [6.45, 7) is 4.85. The first-order valence-electron chi connectivity index (χ1n) is 6.97. The molecule has 3 nitrogen and oxygen atoms in total. The third kappa shape index (κ3) is 6.41. The molecule has 0 aliphatic heterocycles. The van der Waals surface area contributed by atoms with Gasteiger partial charge in [-0.05, 0) is 31.6 Å². The van der Waals surface area contributed by atoms with Gasteiger partial charge in [0.15, 0.2) is 9.84 Å². The van der Waals surface area contributed by atoms with Crippen LogP contribution in [0.2, 0.25) is 0 Å². The molecule has 0 bridgehead atoms. The predicted molar refractivity (Wildman–Crippen MR) is 73.0 cm³/mol. The van der Waals surface area contributed by atoms with Gasteiger partial charge in [-0.25, -0.2) is 8.42 Å². The Morgan fingerprint density at radius 2 is 1.88 bits per heavy atom. The number of nitrogens with one attached hydrogen (secondary N) is 1.